The number of aromatic nitrogens is 1. The van der Waals surface area contributed by atoms with Crippen LogP contribution in [0.5, 0.6) is 11.5 Å². The van der Waals surface area contributed by atoms with Crippen molar-refractivity contribution in [2.45, 2.75) is 0 Å². The zero-order chi connectivity index (χ0) is 18.5. The molecular formula is C18H14Cl2N2O3S. The van der Waals surface area contributed by atoms with Crippen LogP contribution in [0.4, 0.5) is 5.13 Å². The van der Waals surface area contributed by atoms with Crippen molar-refractivity contribution in [1.29, 1.82) is 0 Å². The van der Waals surface area contributed by atoms with Crippen molar-refractivity contribution in [3.63, 3.8) is 0 Å². The Morgan fingerprint density at radius 2 is 1.96 bits per heavy atom. The fourth-order valence-electron chi connectivity index (χ4n) is 2.19. The highest BCUT2D eigenvalue weighted by molar-refractivity contribution is 7.14. The highest BCUT2D eigenvalue weighted by Crippen LogP contribution is 2.32. The van der Waals surface area contributed by atoms with Crippen molar-refractivity contribution in [1.82, 2.24) is 4.98 Å². The Labute approximate surface area is 164 Å². The molecule has 2 aromatic carbocycles. The molecule has 0 bridgehead atoms. The molecule has 8 heteroatoms. The first kappa shape index (κ1) is 18.5. The minimum Gasteiger partial charge on any atom is -0.493 e. The third kappa shape index (κ3) is 4.46. The summed E-state index contributed by atoms with van der Waals surface area (Å²) in [6.07, 6.45) is 0. The van der Waals surface area contributed by atoms with Crippen LogP contribution in [0.25, 0.3) is 11.3 Å². The van der Waals surface area contributed by atoms with Crippen LogP contribution in [0.2, 0.25) is 10.0 Å². The fraction of sp³-hybridized carbons (Fsp3) is 0.111. The summed E-state index contributed by atoms with van der Waals surface area (Å²) in [5.41, 5.74) is 1.35. The standard InChI is InChI=1S/C18H14Cl2N2O3S/c1-24-15-4-2-3-5-16(15)25-9-17(23)22-18-21-14(10-26-18)12-8-11(19)6-7-13(12)20/h2-8,10H,9H2,1H3,(H,21,22,23). The van der Waals surface area contributed by atoms with Gasteiger partial charge in [-0.05, 0) is 30.3 Å². The van der Waals surface area contributed by atoms with Gasteiger partial charge in [-0.3, -0.25) is 10.1 Å². The molecule has 1 aromatic heterocycles. The number of anilines is 1. The number of thiazole rings is 1. The number of carbonyl (C=O) groups is 1. The zero-order valence-corrected chi connectivity index (χ0v) is 16.0. The predicted octanol–water partition coefficient (Wildman–Crippen LogP) is 5.14. The van der Waals surface area contributed by atoms with Crippen LogP contribution >= 0.6 is 34.5 Å². The second kappa shape index (κ2) is 8.40. The van der Waals surface area contributed by atoms with E-state index in [-0.39, 0.29) is 12.5 Å². The fourth-order valence-corrected chi connectivity index (χ4v) is 3.30. The van der Waals surface area contributed by atoms with Crippen LogP contribution < -0.4 is 14.8 Å². The smallest absolute Gasteiger partial charge is 0.264 e. The first-order valence-corrected chi connectivity index (χ1v) is 9.17. The van der Waals surface area contributed by atoms with Gasteiger partial charge in [0, 0.05) is 16.0 Å². The normalized spacial score (nSPS) is 10.4. The van der Waals surface area contributed by atoms with E-state index in [4.69, 9.17) is 32.7 Å². The van der Waals surface area contributed by atoms with Crippen LogP contribution in [-0.2, 0) is 4.79 Å². The lowest BCUT2D eigenvalue weighted by atomic mass is 10.2. The second-order valence-corrected chi connectivity index (χ2v) is 6.85. The highest BCUT2D eigenvalue weighted by atomic mass is 35.5. The van der Waals surface area contributed by atoms with Gasteiger partial charge in [-0.2, -0.15) is 0 Å². The number of benzene rings is 2. The van der Waals surface area contributed by atoms with Crippen LogP contribution in [0, 0.1) is 0 Å². The summed E-state index contributed by atoms with van der Waals surface area (Å²) in [7, 11) is 1.54. The Balaban J connectivity index is 1.64. The molecule has 0 aliphatic heterocycles. The number of hydrogen-bond acceptors (Lipinski definition) is 5. The molecule has 0 unspecified atom stereocenters. The van der Waals surface area contributed by atoms with E-state index in [1.807, 2.05) is 6.07 Å². The topological polar surface area (TPSA) is 60.5 Å². The number of amides is 1. The van der Waals surface area contributed by atoms with Crippen molar-refractivity contribution in [2.24, 2.45) is 0 Å². The van der Waals surface area contributed by atoms with E-state index >= 15 is 0 Å². The third-order valence-electron chi connectivity index (χ3n) is 3.38. The van der Waals surface area contributed by atoms with Gasteiger partial charge in [-0.15, -0.1) is 11.3 Å². The van der Waals surface area contributed by atoms with E-state index in [2.05, 4.69) is 10.3 Å². The van der Waals surface area contributed by atoms with Crippen molar-refractivity contribution in [2.75, 3.05) is 19.0 Å². The quantitative estimate of drug-likeness (QED) is 0.612. The van der Waals surface area contributed by atoms with Gasteiger partial charge in [0.25, 0.3) is 5.91 Å². The zero-order valence-electron chi connectivity index (χ0n) is 13.7. The first-order chi connectivity index (χ1) is 12.6. The minimum absolute atomic E-state index is 0.160. The molecule has 1 N–H and O–H groups in total. The molecule has 0 atom stereocenters. The van der Waals surface area contributed by atoms with Gasteiger partial charge in [0.05, 0.1) is 17.8 Å². The number of nitrogens with one attached hydrogen (secondary N) is 1. The summed E-state index contributed by atoms with van der Waals surface area (Å²) in [6.45, 7) is -0.160. The Morgan fingerprint density at radius 1 is 1.19 bits per heavy atom. The summed E-state index contributed by atoms with van der Waals surface area (Å²) < 4.78 is 10.7. The Hall–Kier alpha value is -2.28. The third-order valence-corrected chi connectivity index (χ3v) is 4.71. The summed E-state index contributed by atoms with van der Waals surface area (Å²) in [5, 5.41) is 6.05. The Morgan fingerprint density at radius 3 is 2.73 bits per heavy atom. The number of ether oxygens (including phenoxy) is 2. The summed E-state index contributed by atoms with van der Waals surface area (Å²) in [6, 6.07) is 12.3. The SMILES string of the molecule is COc1ccccc1OCC(=O)Nc1nc(-c2cc(Cl)ccc2Cl)cs1. The molecule has 1 amide bonds. The van der Waals surface area contributed by atoms with Gasteiger partial charge in [-0.25, -0.2) is 4.98 Å². The lowest BCUT2D eigenvalue weighted by molar-refractivity contribution is -0.118. The summed E-state index contributed by atoms with van der Waals surface area (Å²) in [4.78, 5) is 16.5. The van der Waals surface area contributed by atoms with Crippen molar-refractivity contribution >= 4 is 45.6 Å². The molecule has 0 radical (unpaired) electrons. The maximum atomic E-state index is 12.1. The molecule has 3 aromatic rings. The average molecular weight is 409 g/mol. The van der Waals surface area contributed by atoms with Gasteiger partial charge in [-0.1, -0.05) is 35.3 Å². The minimum atomic E-state index is -0.325. The van der Waals surface area contributed by atoms with Gasteiger partial charge < -0.3 is 9.47 Å². The van der Waals surface area contributed by atoms with Crippen molar-refractivity contribution in [3.05, 3.63) is 57.9 Å². The number of hydrogen-bond donors (Lipinski definition) is 1. The molecule has 134 valence electrons. The maximum absolute atomic E-state index is 12.1. The molecule has 0 spiro atoms. The molecule has 0 saturated heterocycles. The van der Waals surface area contributed by atoms with E-state index in [9.17, 15) is 4.79 Å². The number of carbonyl (C=O) groups excluding carboxylic acids is 1. The van der Waals surface area contributed by atoms with Gasteiger partial charge in [0.1, 0.15) is 0 Å². The van der Waals surface area contributed by atoms with Gasteiger partial charge in [0.15, 0.2) is 23.2 Å². The van der Waals surface area contributed by atoms with E-state index in [1.54, 1.807) is 48.9 Å². The lowest BCUT2D eigenvalue weighted by Crippen LogP contribution is -2.20. The number of para-hydroxylation sites is 2. The van der Waals surface area contributed by atoms with E-state index < -0.39 is 0 Å². The number of rotatable bonds is 6. The lowest BCUT2D eigenvalue weighted by Gasteiger charge is -2.09. The Bertz CT molecular complexity index is 930. The van der Waals surface area contributed by atoms with Gasteiger partial charge >= 0.3 is 0 Å². The van der Waals surface area contributed by atoms with Crippen LogP contribution in [-0.4, -0.2) is 24.6 Å². The summed E-state index contributed by atoms with van der Waals surface area (Å²) in [5.74, 6) is 0.733. The number of nitrogens with zero attached hydrogens (tertiary/aromatic N) is 1. The first-order valence-electron chi connectivity index (χ1n) is 7.53. The van der Waals surface area contributed by atoms with E-state index in [1.165, 1.54) is 11.3 Å². The van der Waals surface area contributed by atoms with E-state index in [0.717, 1.165) is 0 Å². The maximum Gasteiger partial charge on any atom is 0.264 e. The second-order valence-electron chi connectivity index (χ2n) is 5.15. The molecule has 3 rings (SSSR count). The molecule has 0 saturated carbocycles. The summed E-state index contributed by atoms with van der Waals surface area (Å²) >= 11 is 13.5. The van der Waals surface area contributed by atoms with Crippen LogP contribution in [0.1, 0.15) is 0 Å². The monoisotopic (exact) mass is 408 g/mol. The van der Waals surface area contributed by atoms with Crippen molar-refractivity contribution in [3.8, 4) is 22.8 Å². The molecule has 26 heavy (non-hydrogen) atoms. The highest BCUT2D eigenvalue weighted by Gasteiger charge is 2.12. The molecule has 0 fully saturated rings. The molecule has 5 nitrogen and oxygen atoms in total. The molecular weight excluding hydrogens is 395 g/mol. The van der Waals surface area contributed by atoms with Crippen molar-refractivity contribution < 1.29 is 14.3 Å². The van der Waals surface area contributed by atoms with E-state index in [0.29, 0.717) is 37.9 Å². The number of halogens is 2. The van der Waals surface area contributed by atoms with Crippen LogP contribution in [0.3, 0.4) is 0 Å². The molecule has 1 heterocycles. The predicted molar refractivity (Wildman–Crippen MR) is 105 cm³/mol. The number of methoxy groups -OCH3 is 1. The molecule has 0 aliphatic rings. The average Bonchev–Trinajstić information content (AvgIpc) is 3.10. The largest absolute Gasteiger partial charge is 0.493 e. The van der Waals surface area contributed by atoms with Gasteiger partial charge in [0.2, 0.25) is 0 Å². The molecule has 0 aliphatic carbocycles. The van der Waals surface area contributed by atoms with Crippen LogP contribution in [0.15, 0.2) is 47.8 Å². The Kier molecular flexibility index (Phi) is 5.98.